The highest BCUT2D eigenvalue weighted by molar-refractivity contribution is 14.1. The number of rotatable bonds is 0. The lowest BCUT2D eigenvalue weighted by molar-refractivity contribution is 0.590. The van der Waals surface area contributed by atoms with Gasteiger partial charge < -0.3 is 0 Å². The summed E-state index contributed by atoms with van der Waals surface area (Å²) < 4.78 is 1.19. The normalized spacial score (nSPS) is 11.8. The highest BCUT2D eigenvalue weighted by atomic mass is 127. The molecule has 0 N–H and O–H groups in total. The second-order valence-corrected chi connectivity index (χ2v) is 5.53. The van der Waals surface area contributed by atoms with Gasteiger partial charge in [-0.25, -0.2) is 0 Å². The summed E-state index contributed by atoms with van der Waals surface area (Å²) in [5.41, 5.74) is 1.35. The fraction of sp³-hybridized carbons (Fsp3) is 0.400. The molecule has 0 amide bonds. The molecule has 1 aromatic carbocycles. The molecular weight excluding hydrogens is 282 g/mol. The van der Waals surface area contributed by atoms with Crippen LogP contribution in [0.25, 0.3) is 0 Å². The maximum absolute atomic E-state index is 6.11. The van der Waals surface area contributed by atoms with Gasteiger partial charge >= 0.3 is 0 Å². The van der Waals surface area contributed by atoms with Gasteiger partial charge in [-0.15, -0.1) is 0 Å². The molecule has 66 valence electrons. The van der Waals surface area contributed by atoms with Gasteiger partial charge in [0.15, 0.2) is 0 Å². The smallest absolute Gasteiger partial charge is 0.0453 e. The summed E-state index contributed by atoms with van der Waals surface area (Å²) in [6.45, 7) is 6.50. The third kappa shape index (κ3) is 2.36. The maximum Gasteiger partial charge on any atom is 0.0453 e. The van der Waals surface area contributed by atoms with Crippen LogP contribution >= 0.6 is 34.2 Å². The van der Waals surface area contributed by atoms with Crippen LogP contribution in [-0.4, -0.2) is 0 Å². The van der Waals surface area contributed by atoms with Gasteiger partial charge in [0.25, 0.3) is 0 Å². The Morgan fingerprint density at radius 3 is 2.25 bits per heavy atom. The van der Waals surface area contributed by atoms with Gasteiger partial charge in [0.05, 0.1) is 0 Å². The summed E-state index contributed by atoms with van der Waals surface area (Å²) in [7, 11) is 0. The number of halogens is 2. The quantitative estimate of drug-likeness (QED) is 0.628. The predicted molar refractivity (Wildman–Crippen MR) is 62.9 cm³/mol. The Kier molecular flexibility index (Phi) is 3.05. The Morgan fingerprint density at radius 2 is 1.83 bits per heavy atom. The summed E-state index contributed by atoms with van der Waals surface area (Å²) in [5, 5.41) is 0.870. The largest absolute Gasteiger partial charge is 0.0840 e. The molecule has 0 saturated carbocycles. The average Bonchev–Trinajstić information content (AvgIpc) is 1.83. The summed E-state index contributed by atoms with van der Waals surface area (Å²) in [6.07, 6.45) is 0. The minimum Gasteiger partial charge on any atom is -0.0840 e. The summed E-state index contributed by atoms with van der Waals surface area (Å²) >= 11 is 8.38. The van der Waals surface area contributed by atoms with Gasteiger partial charge in [0.1, 0.15) is 0 Å². The summed E-state index contributed by atoms with van der Waals surface area (Å²) in [5.74, 6) is 0. The number of hydrogen-bond donors (Lipinski definition) is 0. The van der Waals surface area contributed by atoms with Crippen LogP contribution in [0.15, 0.2) is 18.2 Å². The Balaban J connectivity index is 3.19. The standard InChI is InChI=1S/C10H12ClI/c1-10(2,3)8-5-4-7(12)6-9(8)11/h4-6H,1-3H3. The second kappa shape index (κ2) is 3.54. The van der Waals surface area contributed by atoms with E-state index in [-0.39, 0.29) is 5.41 Å². The Bertz CT molecular complexity index is 286. The topological polar surface area (TPSA) is 0 Å². The van der Waals surface area contributed by atoms with Crippen LogP contribution in [0.4, 0.5) is 0 Å². The first-order valence-corrected chi connectivity index (χ1v) is 5.32. The molecule has 0 radical (unpaired) electrons. The van der Waals surface area contributed by atoms with Crippen molar-refractivity contribution >= 4 is 34.2 Å². The van der Waals surface area contributed by atoms with Crippen LogP contribution < -0.4 is 0 Å². The van der Waals surface area contributed by atoms with Gasteiger partial charge in [-0.1, -0.05) is 38.4 Å². The van der Waals surface area contributed by atoms with Crippen LogP contribution in [0.3, 0.4) is 0 Å². The van der Waals surface area contributed by atoms with E-state index in [9.17, 15) is 0 Å². The van der Waals surface area contributed by atoms with Gasteiger partial charge in [-0.05, 0) is 45.7 Å². The van der Waals surface area contributed by atoms with Crippen molar-refractivity contribution in [3.8, 4) is 0 Å². The van der Waals surface area contributed by atoms with Crippen LogP contribution in [0.5, 0.6) is 0 Å². The van der Waals surface area contributed by atoms with E-state index in [0.29, 0.717) is 0 Å². The zero-order chi connectivity index (χ0) is 9.35. The molecule has 2 heteroatoms. The third-order valence-electron chi connectivity index (χ3n) is 1.74. The Hall–Kier alpha value is 0.240. The molecule has 1 aromatic rings. The Labute approximate surface area is 92.5 Å². The number of hydrogen-bond acceptors (Lipinski definition) is 0. The van der Waals surface area contributed by atoms with E-state index in [4.69, 9.17) is 11.6 Å². The van der Waals surface area contributed by atoms with E-state index in [1.807, 2.05) is 6.07 Å². The van der Waals surface area contributed by atoms with Gasteiger partial charge in [-0.2, -0.15) is 0 Å². The van der Waals surface area contributed by atoms with E-state index in [0.717, 1.165) is 5.02 Å². The van der Waals surface area contributed by atoms with E-state index in [1.54, 1.807) is 0 Å². The lowest BCUT2D eigenvalue weighted by Gasteiger charge is -2.20. The third-order valence-corrected chi connectivity index (χ3v) is 2.72. The lowest BCUT2D eigenvalue weighted by atomic mass is 9.87. The van der Waals surface area contributed by atoms with Gasteiger partial charge in [0, 0.05) is 8.59 Å². The molecule has 0 heterocycles. The molecule has 0 aromatic heterocycles. The lowest BCUT2D eigenvalue weighted by Crippen LogP contribution is -2.11. The zero-order valence-corrected chi connectivity index (χ0v) is 10.4. The Morgan fingerprint density at radius 1 is 1.25 bits per heavy atom. The van der Waals surface area contributed by atoms with Crippen LogP contribution in [-0.2, 0) is 5.41 Å². The molecule has 0 nitrogen and oxygen atoms in total. The molecule has 0 aliphatic heterocycles. The summed E-state index contributed by atoms with van der Waals surface area (Å²) in [4.78, 5) is 0. The minimum atomic E-state index is 0.140. The van der Waals surface area contributed by atoms with Crippen LogP contribution in [0.1, 0.15) is 26.3 Å². The molecule has 0 fully saturated rings. The monoisotopic (exact) mass is 294 g/mol. The van der Waals surface area contributed by atoms with E-state index in [1.165, 1.54) is 9.13 Å². The van der Waals surface area contributed by atoms with Crippen molar-refractivity contribution in [1.29, 1.82) is 0 Å². The van der Waals surface area contributed by atoms with Crippen molar-refractivity contribution < 1.29 is 0 Å². The second-order valence-electron chi connectivity index (χ2n) is 3.87. The van der Waals surface area contributed by atoms with Crippen molar-refractivity contribution in [3.05, 3.63) is 32.4 Å². The van der Waals surface area contributed by atoms with Crippen molar-refractivity contribution in [2.45, 2.75) is 26.2 Å². The van der Waals surface area contributed by atoms with Gasteiger partial charge in [-0.3, -0.25) is 0 Å². The fourth-order valence-electron chi connectivity index (χ4n) is 1.10. The molecule has 0 spiro atoms. The molecule has 12 heavy (non-hydrogen) atoms. The fourth-order valence-corrected chi connectivity index (χ4v) is 2.24. The molecule has 0 bridgehead atoms. The molecule has 0 atom stereocenters. The van der Waals surface area contributed by atoms with Crippen LogP contribution in [0, 0.1) is 3.57 Å². The van der Waals surface area contributed by atoms with Crippen molar-refractivity contribution in [3.63, 3.8) is 0 Å². The molecule has 1 rings (SSSR count). The van der Waals surface area contributed by atoms with Crippen LogP contribution in [0.2, 0.25) is 5.02 Å². The van der Waals surface area contributed by atoms with Crippen molar-refractivity contribution in [2.75, 3.05) is 0 Å². The highest BCUT2D eigenvalue weighted by Crippen LogP contribution is 2.30. The van der Waals surface area contributed by atoms with Crippen molar-refractivity contribution in [2.24, 2.45) is 0 Å². The molecule has 0 saturated heterocycles. The van der Waals surface area contributed by atoms with Gasteiger partial charge in [0.2, 0.25) is 0 Å². The summed E-state index contributed by atoms with van der Waals surface area (Å²) in [6, 6.07) is 6.19. The van der Waals surface area contributed by atoms with E-state index in [2.05, 4.69) is 55.5 Å². The zero-order valence-electron chi connectivity index (χ0n) is 7.49. The first-order chi connectivity index (χ1) is 5.41. The first-order valence-electron chi connectivity index (χ1n) is 3.87. The average molecular weight is 295 g/mol. The maximum atomic E-state index is 6.11. The van der Waals surface area contributed by atoms with E-state index >= 15 is 0 Å². The van der Waals surface area contributed by atoms with E-state index < -0.39 is 0 Å². The molecule has 0 unspecified atom stereocenters. The first kappa shape index (κ1) is 10.3. The predicted octanol–water partition coefficient (Wildman–Crippen LogP) is 4.24. The molecule has 0 aliphatic rings. The highest BCUT2D eigenvalue weighted by Gasteiger charge is 2.16. The van der Waals surface area contributed by atoms with Crippen molar-refractivity contribution in [1.82, 2.24) is 0 Å². The SMILES string of the molecule is CC(C)(C)c1ccc(I)cc1Cl. The molecular formula is C10H12ClI. The minimum absolute atomic E-state index is 0.140. The number of benzene rings is 1. The molecule has 0 aliphatic carbocycles.